The van der Waals surface area contributed by atoms with Crippen molar-refractivity contribution in [1.82, 2.24) is 5.32 Å². The van der Waals surface area contributed by atoms with Gasteiger partial charge < -0.3 is 10.1 Å². The number of hydrogen-bond donors (Lipinski definition) is 1. The third-order valence-corrected chi connectivity index (χ3v) is 4.09. The standard InChI is InChI=1S/C16H25NO/c1-4-9-17-16(12(2)18-3)11-14-10-13-7-5-6-8-15(13)14/h5-8,12,14,16-17H,4,9-11H2,1-3H3. The van der Waals surface area contributed by atoms with E-state index >= 15 is 0 Å². The monoisotopic (exact) mass is 247 g/mol. The first-order valence-corrected chi connectivity index (χ1v) is 7.10. The Morgan fingerprint density at radius 3 is 2.83 bits per heavy atom. The number of nitrogens with one attached hydrogen (secondary N) is 1. The van der Waals surface area contributed by atoms with Gasteiger partial charge in [0.25, 0.3) is 0 Å². The highest BCUT2D eigenvalue weighted by atomic mass is 16.5. The van der Waals surface area contributed by atoms with E-state index < -0.39 is 0 Å². The SMILES string of the molecule is CCCNC(CC1Cc2ccccc21)C(C)OC. The van der Waals surface area contributed by atoms with Crippen molar-refractivity contribution in [2.45, 2.75) is 51.2 Å². The lowest BCUT2D eigenvalue weighted by atomic mass is 9.74. The number of benzene rings is 1. The lowest BCUT2D eigenvalue weighted by Gasteiger charge is -2.35. The Morgan fingerprint density at radius 2 is 2.17 bits per heavy atom. The average molecular weight is 247 g/mol. The normalized spacial score (nSPS) is 20.9. The summed E-state index contributed by atoms with van der Waals surface area (Å²) in [7, 11) is 1.81. The molecule has 1 N–H and O–H groups in total. The summed E-state index contributed by atoms with van der Waals surface area (Å²) in [5.41, 5.74) is 3.07. The largest absolute Gasteiger partial charge is 0.380 e. The quantitative estimate of drug-likeness (QED) is 0.799. The van der Waals surface area contributed by atoms with Gasteiger partial charge in [0.2, 0.25) is 0 Å². The van der Waals surface area contributed by atoms with Crippen LogP contribution in [0.3, 0.4) is 0 Å². The molecule has 0 radical (unpaired) electrons. The topological polar surface area (TPSA) is 21.3 Å². The summed E-state index contributed by atoms with van der Waals surface area (Å²) in [6.07, 6.45) is 3.88. The number of fused-ring (bicyclic) bond motifs is 1. The van der Waals surface area contributed by atoms with E-state index in [1.807, 2.05) is 0 Å². The molecular weight excluding hydrogens is 222 g/mol. The first-order chi connectivity index (χ1) is 8.76. The number of methoxy groups -OCH3 is 1. The Hall–Kier alpha value is -0.860. The lowest BCUT2D eigenvalue weighted by Crippen LogP contribution is -2.42. The van der Waals surface area contributed by atoms with Gasteiger partial charge >= 0.3 is 0 Å². The van der Waals surface area contributed by atoms with Crippen LogP contribution in [0.1, 0.15) is 43.7 Å². The molecule has 0 saturated carbocycles. The highest BCUT2D eigenvalue weighted by Crippen LogP contribution is 2.38. The van der Waals surface area contributed by atoms with E-state index in [0.717, 1.165) is 6.54 Å². The van der Waals surface area contributed by atoms with Crippen LogP contribution in [-0.2, 0) is 11.2 Å². The lowest BCUT2D eigenvalue weighted by molar-refractivity contribution is 0.0765. The van der Waals surface area contributed by atoms with E-state index in [-0.39, 0.29) is 6.10 Å². The minimum absolute atomic E-state index is 0.282. The fourth-order valence-electron chi connectivity index (χ4n) is 2.81. The molecule has 2 rings (SSSR count). The van der Waals surface area contributed by atoms with Gasteiger partial charge in [-0.3, -0.25) is 0 Å². The van der Waals surface area contributed by atoms with Gasteiger partial charge in [0.15, 0.2) is 0 Å². The van der Waals surface area contributed by atoms with Crippen LogP contribution >= 0.6 is 0 Å². The summed E-state index contributed by atoms with van der Waals surface area (Å²) in [6.45, 7) is 5.45. The predicted molar refractivity (Wildman–Crippen MR) is 76.1 cm³/mol. The molecule has 0 aliphatic heterocycles. The Morgan fingerprint density at radius 1 is 1.39 bits per heavy atom. The zero-order valence-electron chi connectivity index (χ0n) is 11.8. The number of hydrogen-bond acceptors (Lipinski definition) is 2. The van der Waals surface area contributed by atoms with Crippen LogP contribution in [0.4, 0.5) is 0 Å². The van der Waals surface area contributed by atoms with Crippen LogP contribution in [-0.4, -0.2) is 25.8 Å². The van der Waals surface area contributed by atoms with E-state index in [1.165, 1.54) is 24.8 Å². The molecule has 1 aliphatic carbocycles. The molecule has 0 heterocycles. The van der Waals surface area contributed by atoms with Gasteiger partial charge in [0.05, 0.1) is 6.10 Å². The molecule has 0 bridgehead atoms. The average Bonchev–Trinajstić information content (AvgIpc) is 2.38. The van der Waals surface area contributed by atoms with E-state index in [0.29, 0.717) is 12.0 Å². The van der Waals surface area contributed by atoms with Gasteiger partial charge in [-0.05, 0) is 49.8 Å². The Balaban J connectivity index is 1.94. The maximum absolute atomic E-state index is 5.50. The first kappa shape index (κ1) is 13.6. The molecule has 1 aromatic rings. The second kappa shape index (κ2) is 6.35. The maximum Gasteiger partial charge on any atom is 0.0696 e. The predicted octanol–water partition coefficient (Wildman–Crippen LogP) is 3.12. The van der Waals surface area contributed by atoms with Crippen molar-refractivity contribution in [3.05, 3.63) is 35.4 Å². The van der Waals surface area contributed by atoms with Crippen LogP contribution in [0.2, 0.25) is 0 Å². The summed E-state index contributed by atoms with van der Waals surface area (Å²) in [4.78, 5) is 0. The summed E-state index contributed by atoms with van der Waals surface area (Å²) in [5, 5.41) is 3.63. The summed E-state index contributed by atoms with van der Waals surface area (Å²) >= 11 is 0. The minimum Gasteiger partial charge on any atom is -0.380 e. The van der Waals surface area contributed by atoms with E-state index in [2.05, 4.69) is 43.4 Å². The Kier molecular flexibility index (Phi) is 4.79. The van der Waals surface area contributed by atoms with Gasteiger partial charge in [-0.25, -0.2) is 0 Å². The summed E-state index contributed by atoms with van der Waals surface area (Å²) in [5.74, 6) is 0.716. The van der Waals surface area contributed by atoms with Crippen molar-refractivity contribution < 1.29 is 4.74 Å². The number of ether oxygens (including phenoxy) is 1. The molecule has 3 atom stereocenters. The fraction of sp³-hybridized carbons (Fsp3) is 0.625. The van der Waals surface area contributed by atoms with Crippen molar-refractivity contribution >= 4 is 0 Å². The number of rotatable bonds is 7. The highest BCUT2D eigenvalue weighted by molar-refractivity contribution is 5.39. The third kappa shape index (κ3) is 2.93. The smallest absolute Gasteiger partial charge is 0.0696 e. The molecule has 2 nitrogen and oxygen atoms in total. The molecule has 0 spiro atoms. The Labute approximate surface area is 111 Å². The second-order valence-corrected chi connectivity index (χ2v) is 5.34. The zero-order valence-corrected chi connectivity index (χ0v) is 11.8. The molecule has 2 heteroatoms. The van der Waals surface area contributed by atoms with Crippen LogP contribution in [0.5, 0.6) is 0 Å². The van der Waals surface area contributed by atoms with Crippen LogP contribution in [0, 0.1) is 0 Å². The second-order valence-electron chi connectivity index (χ2n) is 5.34. The Bertz CT molecular complexity index is 377. The highest BCUT2D eigenvalue weighted by Gasteiger charge is 2.29. The molecule has 0 fully saturated rings. The van der Waals surface area contributed by atoms with Gasteiger partial charge in [-0.2, -0.15) is 0 Å². The first-order valence-electron chi connectivity index (χ1n) is 7.10. The summed E-state index contributed by atoms with van der Waals surface area (Å²) < 4.78 is 5.50. The fourth-order valence-corrected chi connectivity index (χ4v) is 2.81. The zero-order chi connectivity index (χ0) is 13.0. The molecule has 1 aromatic carbocycles. The van der Waals surface area contributed by atoms with Crippen molar-refractivity contribution in [2.75, 3.05) is 13.7 Å². The third-order valence-electron chi connectivity index (χ3n) is 4.09. The molecule has 0 amide bonds. The van der Waals surface area contributed by atoms with Gasteiger partial charge in [0.1, 0.15) is 0 Å². The molecule has 18 heavy (non-hydrogen) atoms. The van der Waals surface area contributed by atoms with Crippen LogP contribution < -0.4 is 5.32 Å². The minimum atomic E-state index is 0.282. The molecular formula is C16H25NO. The summed E-state index contributed by atoms with van der Waals surface area (Å²) in [6, 6.07) is 9.28. The van der Waals surface area contributed by atoms with Crippen LogP contribution in [0.15, 0.2) is 24.3 Å². The van der Waals surface area contributed by atoms with Gasteiger partial charge in [0, 0.05) is 13.2 Å². The molecule has 3 unspecified atom stereocenters. The van der Waals surface area contributed by atoms with Gasteiger partial charge in [-0.1, -0.05) is 31.2 Å². The van der Waals surface area contributed by atoms with Crippen molar-refractivity contribution in [1.29, 1.82) is 0 Å². The van der Waals surface area contributed by atoms with Crippen molar-refractivity contribution in [2.24, 2.45) is 0 Å². The molecule has 1 aliphatic rings. The molecule has 100 valence electrons. The van der Waals surface area contributed by atoms with Crippen molar-refractivity contribution in [3.8, 4) is 0 Å². The van der Waals surface area contributed by atoms with Crippen molar-refractivity contribution in [3.63, 3.8) is 0 Å². The maximum atomic E-state index is 5.50. The van der Waals surface area contributed by atoms with Gasteiger partial charge in [-0.15, -0.1) is 0 Å². The van der Waals surface area contributed by atoms with E-state index in [9.17, 15) is 0 Å². The van der Waals surface area contributed by atoms with E-state index in [4.69, 9.17) is 4.74 Å². The molecule has 0 aromatic heterocycles. The van der Waals surface area contributed by atoms with E-state index in [1.54, 1.807) is 12.7 Å². The molecule has 0 saturated heterocycles. The van der Waals surface area contributed by atoms with Crippen LogP contribution in [0.25, 0.3) is 0 Å².